The first-order valence-electron chi connectivity index (χ1n) is 7.42. The van der Waals surface area contributed by atoms with Crippen LogP contribution in [0.2, 0.25) is 5.02 Å². The summed E-state index contributed by atoms with van der Waals surface area (Å²) in [6, 6.07) is 7.87. The quantitative estimate of drug-likeness (QED) is 0.789. The fourth-order valence-electron chi connectivity index (χ4n) is 2.03. The first-order valence-corrected chi connectivity index (χ1v) is 8.95. The Hall–Kier alpha value is -1.60. The van der Waals surface area contributed by atoms with Crippen LogP contribution in [0.5, 0.6) is 0 Å². The minimum absolute atomic E-state index is 0.0144. The van der Waals surface area contributed by atoms with Gasteiger partial charge in [0.05, 0.1) is 17.5 Å². The summed E-state index contributed by atoms with van der Waals surface area (Å²) in [5, 5.41) is 15.2. The van der Waals surface area contributed by atoms with Crippen LogP contribution in [0.15, 0.2) is 24.3 Å². The highest BCUT2D eigenvalue weighted by atomic mass is 35.5. The van der Waals surface area contributed by atoms with Gasteiger partial charge in [0, 0.05) is 11.6 Å². The van der Waals surface area contributed by atoms with E-state index in [1.165, 1.54) is 11.8 Å². The number of benzene rings is 1. The predicted octanol–water partition coefficient (Wildman–Crippen LogP) is 2.50. The lowest BCUT2D eigenvalue weighted by Crippen LogP contribution is -2.27. The molecule has 2 rings (SSSR count). The molecule has 0 unspecified atom stereocenters. The Bertz CT molecular complexity index is 646. The molecule has 2 aromatic rings. The summed E-state index contributed by atoms with van der Waals surface area (Å²) in [4.78, 5) is 11.8. The number of carbonyl (C=O) groups excluding carboxylic acids is 1. The fraction of sp³-hybridized carbons (Fsp3) is 0.467. The molecule has 23 heavy (non-hydrogen) atoms. The minimum Gasteiger partial charge on any atom is -0.355 e. The molecule has 1 N–H and O–H groups in total. The molecule has 1 aromatic carbocycles. The molecule has 0 radical (unpaired) electrons. The number of thioether (sulfide) groups is 1. The zero-order chi connectivity index (χ0) is 16.7. The molecule has 0 fully saturated rings. The van der Waals surface area contributed by atoms with Gasteiger partial charge in [0.25, 0.3) is 0 Å². The Labute approximate surface area is 145 Å². The van der Waals surface area contributed by atoms with E-state index in [1.807, 2.05) is 38.1 Å². The van der Waals surface area contributed by atoms with Crippen LogP contribution in [0.25, 0.3) is 0 Å². The topological polar surface area (TPSA) is 72.7 Å². The molecule has 0 saturated heterocycles. The minimum atomic E-state index is 0.0144. The molecule has 0 saturated carbocycles. The van der Waals surface area contributed by atoms with Gasteiger partial charge in [0.1, 0.15) is 0 Å². The molecule has 0 aliphatic carbocycles. The fourth-order valence-corrected chi connectivity index (χ4v) is 3.01. The summed E-state index contributed by atoms with van der Waals surface area (Å²) in [6.07, 6.45) is 0.766. The maximum absolute atomic E-state index is 11.8. The highest BCUT2D eigenvalue weighted by Crippen LogP contribution is 2.12. The zero-order valence-electron chi connectivity index (χ0n) is 13.2. The second kappa shape index (κ2) is 8.88. The van der Waals surface area contributed by atoms with Crippen molar-refractivity contribution in [2.24, 2.45) is 0 Å². The lowest BCUT2D eigenvalue weighted by molar-refractivity contribution is -0.118. The van der Waals surface area contributed by atoms with Crippen LogP contribution in [0, 0.1) is 0 Å². The van der Waals surface area contributed by atoms with Crippen LogP contribution in [0.1, 0.15) is 31.3 Å². The summed E-state index contributed by atoms with van der Waals surface area (Å²) < 4.78 is 1.77. The SMILES string of the molecule is CC(C)n1nnnc1CSCC(=O)NCCc1cccc(Cl)c1. The van der Waals surface area contributed by atoms with Crippen molar-refractivity contribution in [1.29, 1.82) is 0 Å². The molecular formula is C15H20ClN5OS. The largest absolute Gasteiger partial charge is 0.355 e. The van der Waals surface area contributed by atoms with E-state index in [4.69, 9.17) is 11.6 Å². The number of hydrogen-bond acceptors (Lipinski definition) is 5. The first-order chi connectivity index (χ1) is 11.1. The molecular weight excluding hydrogens is 334 g/mol. The van der Waals surface area contributed by atoms with Crippen LogP contribution >= 0.6 is 23.4 Å². The molecule has 8 heteroatoms. The van der Waals surface area contributed by atoms with Gasteiger partial charge >= 0.3 is 0 Å². The predicted molar refractivity (Wildman–Crippen MR) is 92.5 cm³/mol. The molecule has 0 atom stereocenters. The van der Waals surface area contributed by atoms with E-state index >= 15 is 0 Å². The summed E-state index contributed by atoms with van der Waals surface area (Å²) in [6.45, 7) is 4.64. The number of carbonyl (C=O) groups is 1. The molecule has 1 aromatic heterocycles. The van der Waals surface area contributed by atoms with Crippen molar-refractivity contribution in [3.8, 4) is 0 Å². The Morgan fingerprint density at radius 2 is 2.26 bits per heavy atom. The van der Waals surface area contributed by atoms with Gasteiger partial charge in [-0.3, -0.25) is 4.79 Å². The number of amides is 1. The van der Waals surface area contributed by atoms with Crippen LogP contribution < -0.4 is 5.32 Å². The van der Waals surface area contributed by atoms with Crippen LogP contribution in [0.3, 0.4) is 0 Å². The number of nitrogens with one attached hydrogen (secondary N) is 1. The Morgan fingerprint density at radius 1 is 1.43 bits per heavy atom. The second-order valence-corrected chi connectivity index (χ2v) is 6.78. The van der Waals surface area contributed by atoms with Crippen LogP contribution in [-0.4, -0.2) is 38.4 Å². The van der Waals surface area contributed by atoms with Crippen LogP contribution in [-0.2, 0) is 17.0 Å². The smallest absolute Gasteiger partial charge is 0.230 e. The lowest BCUT2D eigenvalue weighted by Gasteiger charge is -2.08. The number of halogens is 1. The van der Waals surface area contributed by atoms with E-state index in [0.717, 1.165) is 17.8 Å². The standard InChI is InChI=1S/C15H20ClN5OS/c1-11(2)21-14(18-19-20-21)9-23-10-15(22)17-7-6-12-4-3-5-13(16)8-12/h3-5,8,11H,6-7,9-10H2,1-2H3,(H,17,22). The summed E-state index contributed by atoms with van der Waals surface area (Å²) in [7, 11) is 0. The highest BCUT2D eigenvalue weighted by molar-refractivity contribution is 7.99. The Kier molecular flexibility index (Phi) is 6.85. The van der Waals surface area contributed by atoms with Gasteiger partial charge in [-0.05, 0) is 48.4 Å². The van der Waals surface area contributed by atoms with Crippen molar-refractivity contribution in [3.05, 3.63) is 40.7 Å². The average molecular weight is 354 g/mol. The Balaban J connectivity index is 1.66. The highest BCUT2D eigenvalue weighted by Gasteiger charge is 2.10. The van der Waals surface area contributed by atoms with E-state index in [9.17, 15) is 4.79 Å². The van der Waals surface area contributed by atoms with Gasteiger partial charge in [-0.25, -0.2) is 4.68 Å². The maximum atomic E-state index is 11.8. The number of rotatable bonds is 8. The summed E-state index contributed by atoms with van der Waals surface area (Å²) >= 11 is 7.43. The summed E-state index contributed by atoms with van der Waals surface area (Å²) in [5.74, 6) is 1.81. The summed E-state index contributed by atoms with van der Waals surface area (Å²) in [5.41, 5.74) is 1.11. The molecule has 0 bridgehead atoms. The molecule has 6 nitrogen and oxygen atoms in total. The number of tetrazole rings is 1. The molecule has 1 heterocycles. The van der Waals surface area contributed by atoms with Gasteiger partial charge in [0.15, 0.2) is 5.82 Å². The van der Waals surface area contributed by atoms with Gasteiger partial charge in [-0.1, -0.05) is 23.7 Å². The molecule has 0 spiro atoms. The molecule has 1 amide bonds. The van der Waals surface area contributed by atoms with Crippen molar-refractivity contribution in [2.45, 2.75) is 32.1 Å². The average Bonchev–Trinajstić information content (AvgIpc) is 2.96. The van der Waals surface area contributed by atoms with Gasteiger partial charge in [-0.15, -0.1) is 16.9 Å². The third-order valence-electron chi connectivity index (χ3n) is 3.14. The monoisotopic (exact) mass is 353 g/mol. The second-order valence-electron chi connectivity index (χ2n) is 5.36. The maximum Gasteiger partial charge on any atom is 0.230 e. The Morgan fingerprint density at radius 3 is 3.00 bits per heavy atom. The van der Waals surface area contributed by atoms with Crippen molar-refractivity contribution >= 4 is 29.3 Å². The molecule has 124 valence electrons. The number of nitrogens with zero attached hydrogens (tertiary/aromatic N) is 4. The van der Waals surface area contributed by atoms with Gasteiger partial charge in [0.2, 0.25) is 5.91 Å². The lowest BCUT2D eigenvalue weighted by atomic mass is 10.1. The third kappa shape index (κ3) is 5.84. The van der Waals surface area contributed by atoms with Crippen molar-refractivity contribution in [1.82, 2.24) is 25.5 Å². The van der Waals surface area contributed by atoms with E-state index < -0.39 is 0 Å². The van der Waals surface area contributed by atoms with E-state index in [-0.39, 0.29) is 11.9 Å². The van der Waals surface area contributed by atoms with Crippen molar-refractivity contribution < 1.29 is 4.79 Å². The van der Waals surface area contributed by atoms with Crippen molar-refractivity contribution in [2.75, 3.05) is 12.3 Å². The third-order valence-corrected chi connectivity index (χ3v) is 4.30. The van der Waals surface area contributed by atoms with Crippen molar-refractivity contribution in [3.63, 3.8) is 0 Å². The van der Waals surface area contributed by atoms with E-state index in [1.54, 1.807) is 4.68 Å². The molecule has 0 aliphatic heterocycles. The van der Waals surface area contributed by atoms with E-state index in [0.29, 0.717) is 23.1 Å². The van der Waals surface area contributed by atoms with Crippen LogP contribution in [0.4, 0.5) is 0 Å². The normalized spacial score (nSPS) is 11.0. The van der Waals surface area contributed by atoms with Gasteiger partial charge < -0.3 is 5.32 Å². The van der Waals surface area contributed by atoms with Gasteiger partial charge in [-0.2, -0.15) is 0 Å². The zero-order valence-corrected chi connectivity index (χ0v) is 14.8. The van der Waals surface area contributed by atoms with E-state index in [2.05, 4.69) is 20.8 Å². The number of hydrogen-bond donors (Lipinski definition) is 1. The first kappa shape index (κ1) is 17.7. The molecule has 0 aliphatic rings. The number of aromatic nitrogens is 4.